The quantitative estimate of drug-likeness (QED) is 0.666. The molecule has 0 aromatic carbocycles. The number of nitrogens with zero attached hydrogens (tertiary/aromatic N) is 1. The standard InChI is InChI=1S/C19H20N2O4S/c1-12-16(19(23)24-3)13(2)20-17(12)18(22)21(10-14-6-4-8-25-14)11-15-7-5-9-26-15/h4-9,20H,10-11H2,1-3H3. The SMILES string of the molecule is COC(=O)c1c(C)[nH]c(C(=O)N(Cc2ccco2)Cc2cccs2)c1C. The highest BCUT2D eigenvalue weighted by molar-refractivity contribution is 7.09. The van der Waals surface area contributed by atoms with Gasteiger partial charge in [-0.2, -0.15) is 0 Å². The highest BCUT2D eigenvalue weighted by Crippen LogP contribution is 2.23. The molecule has 0 aliphatic heterocycles. The maximum atomic E-state index is 13.2. The molecule has 6 nitrogen and oxygen atoms in total. The second-order valence-electron chi connectivity index (χ2n) is 5.94. The summed E-state index contributed by atoms with van der Waals surface area (Å²) in [5, 5.41) is 1.98. The third-order valence-corrected chi connectivity index (χ3v) is 5.04. The lowest BCUT2D eigenvalue weighted by molar-refractivity contribution is 0.0599. The lowest BCUT2D eigenvalue weighted by atomic mass is 10.1. The van der Waals surface area contributed by atoms with E-state index < -0.39 is 5.97 Å². The molecule has 0 saturated heterocycles. The van der Waals surface area contributed by atoms with Crippen molar-refractivity contribution in [1.29, 1.82) is 0 Å². The minimum atomic E-state index is -0.453. The number of nitrogens with one attached hydrogen (secondary N) is 1. The first-order valence-electron chi connectivity index (χ1n) is 8.12. The predicted molar refractivity (Wildman–Crippen MR) is 98.2 cm³/mol. The van der Waals surface area contributed by atoms with Gasteiger partial charge < -0.3 is 19.0 Å². The molecule has 0 spiro atoms. The number of carbonyl (C=O) groups excluding carboxylic acids is 2. The first kappa shape index (κ1) is 18.0. The molecule has 3 aromatic heterocycles. The van der Waals surface area contributed by atoms with E-state index in [0.717, 1.165) is 4.88 Å². The van der Waals surface area contributed by atoms with Crippen LogP contribution in [0.5, 0.6) is 0 Å². The maximum Gasteiger partial charge on any atom is 0.339 e. The van der Waals surface area contributed by atoms with Crippen molar-refractivity contribution in [2.45, 2.75) is 26.9 Å². The van der Waals surface area contributed by atoms with E-state index in [0.29, 0.717) is 41.4 Å². The number of aromatic nitrogens is 1. The molecule has 0 aliphatic carbocycles. The van der Waals surface area contributed by atoms with Gasteiger partial charge in [-0.1, -0.05) is 6.07 Å². The fourth-order valence-electron chi connectivity index (χ4n) is 2.91. The Morgan fingerprint density at radius 2 is 2.04 bits per heavy atom. The van der Waals surface area contributed by atoms with E-state index in [1.165, 1.54) is 7.11 Å². The number of H-pyrrole nitrogens is 1. The number of hydrogen-bond acceptors (Lipinski definition) is 5. The second kappa shape index (κ2) is 7.61. The van der Waals surface area contributed by atoms with Gasteiger partial charge in [0.2, 0.25) is 0 Å². The molecule has 3 heterocycles. The summed E-state index contributed by atoms with van der Waals surface area (Å²) < 4.78 is 10.2. The molecule has 7 heteroatoms. The number of ether oxygens (including phenoxy) is 1. The Morgan fingerprint density at radius 3 is 2.65 bits per heavy atom. The largest absolute Gasteiger partial charge is 0.467 e. The van der Waals surface area contributed by atoms with Gasteiger partial charge in [0.1, 0.15) is 11.5 Å². The number of rotatable bonds is 6. The second-order valence-corrected chi connectivity index (χ2v) is 6.97. The van der Waals surface area contributed by atoms with Gasteiger partial charge in [-0.3, -0.25) is 4.79 Å². The molecule has 0 saturated carbocycles. The fraction of sp³-hybridized carbons (Fsp3) is 0.263. The minimum absolute atomic E-state index is 0.189. The topological polar surface area (TPSA) is 75.5 Å². The summed E-state index contributed by atoms with van der Waals surface area (Å²) in [6.07, 6.45) is 1.59. The van der Waals surface area contributed by atoms with Crippen molar-refractivity contribution >= 4 is 23.2 Å². The van der Waals surface area contributed by atoms with Crippen molar-refractivity contribution in [2.75, 3.05) is 7.11 Å². The molecule has 0 bridgehead atoms. The number of carbonyl (C=O) groups is 2. The van der Waals surface area contributed by atoms with E-state index in [2.05, 4.69) is 4.98 Å². The number of esters is 1. The monoisotopic (exact) mass is 372 g/mol. The number of aryl methyl sites for hydroxylation is 1. The molecule has 136 valence electrons. The lowest BCUT2D eigenvalue weighted by Gasteiger charge is -2.21. The van der Waals surface area contributed by atoms with Crippen molar-refractivity contribution in [3.05, 3.63) is 69.1 Å². The van der Waals surface area contributed by atoms with Crippen LogP contribution in [-0.4, -0.2) is 28.9 Å². The van der Waals surface area contributed by atoms with Gasteiger partial charge in [-0.05, 0) is 43.0 Å². The van der Waals surface area contributed by atoms with Gasteiger partial charge in [0.05, 0.1) is 32.0 Å². The fourth-order valence-corrected chi connectivity index (χ4v) is 3.63. The summed E-state index contributed by atoms with van der Waals surface area (Å²) in [5.41, 5.74) is 2.01. The summed E-state index contributed by atoms with van der Waals surface area (Å²) >= 11 is 1.59. The molecule has 0 aliphatic rings. The van der Waals surface area contributed by atoms with Gasteiger partial charge in [-0.15, -0.1) is 11.3 Å². The van der Waals surface area contributed by atoms with Crippen LogP contribution in [0.25, 0.3) is 0 Å². The maximum absolute atomic E-state index is 13.2. The Morgan fingerprint density at radius 1 is 1.23 bits per heavy atom. The van der Waals surface area contributed by atoms with Crippen LogP contribution < -0.4 is 0 Å². The molecule has 0 atom stereocenters. The van der Waals surface area contributed by atoms with E-state index in [4.69, 9.17) is 9.15 Å². The van der Waals surface area contributed by atoms with Crippen LogP contribution in [-0.2, 0) is 17.8 Å². The lowest BCUT2D eigenvalue weighted by Crippen LogP contribution is -2.30. The first-order valence-corrected chi connectivity index (χ1v) is 9.00. The zero-order valence-corrected chi connectivity index (χ0v) is 15.7. The van der Waals surface area contributed by atoms with Crippen molar-refractivity contribution in [3.63, 3.8) is 0 Å². The van der Waals surface area contributed by atoms with Crippen LogP contribution in [0.3, 0.4) is 0 Å². The summed E-state index contributed by atoms with van der Waals surface area (Å²) in [6, 6.07) is 7.57. The van der Waals surface area contributed by atoms with Crippen LogP contribution in [0.15, 0.2) is 40.3 Å². The summed E-state index contributed by atoms with van der Waals surface area (Å²) in [4.78, 5) is 31.0. The van der Waals surface area contributed by atoms with Crippen LogP contribution in [0.1, 0.15) is 42.7 Å². The molecule has 0 radical (unpaired) electrons. The summed E-state index contributed by atoms with van der Waals surface area (Å²) in [5.74, 6) is 0.0562. The summed E-state index contributed by atoms with van der Waals surface area (Å²) in [7, 11) is 1.33. The molecular weight excluding hydrogens is 352 g/mol. The number of aromatic amines is 1. The number of furan rings is 1. The number of amides is 1. The third kappa shape index (κ3) is 3.57. The molecule has 3 rings (SSSR count). The van der Waals surface area contributed by atoms with Crippen molar-refractivity contribution in [3.8, 4) is 0 Å². The zero-order chi connectivity index (χ0) is 18.7. The Bertz CT molecular complexity index is 858. The molecule has 3 aromatic rings. The van der Waals surface area contributed by atoms with Gasteiger partial charge in [0.25, 0.3) is 5.91 Å². The first-order chi connectivity index (χ1) is 12.5. The highest BCUT2D eigenvalue weighted by atomic mass is 32.1. The normalized spacial score (nSPS) is 10.7. The molecule has 0 fully saturated rings. The van der Waals surface area contributed by atoms with E-state index in [9.17, 15) is 9.59 Å². The summed E-state index contributed by atoms with van der Waals surface area (Å²) in [6.45, 7) is 4.31. The highest BCUT2D eigenvalue weighted by Gasteiger charge is 2.26. The Labute approximate surface area is 155 Å². The number of methoxy groups -OCH3 is 1. The van der Waals surface area contributed by atoms with E-state index >= 15 is 0 Å². The van der Waals surface area contributed by atoms with Crippen molar-refractivity contribution in [2.24, 2.45) is 0 Å². The number of hydrogen-bond donors (Lipinski definition) is 1. The van der Waals surface area contributed by atoms with Gasteiger partial charge >= 0.3 is 5.97 Å². The van der Waals surface area contributed by atoms with Crippen molar-refractivity contribution < 1.29 is 18.7 Å². The Balaban J connectivity index is 1.93. The number of thiophene rings is 1. The predicted octanol–water partition coefficient (Wildman–Crippen LogP) is 3.92. The molecule has 1 N–H and O–H groups in total. The third-order valence-electron chi connectivity index (χ3n) is 4.18. The average Bonchev–Trinajstić information content (AvgIpc) is 3.36. The van der Waals surface area contributed by atoms with Crippen LogP contribution >= 0.6 is 11.3 Å². The van der Waals surface area contributed by atoms with E-state index in [-0.39, 0.29) is 5.91 Å². The van der Waals surface area contributed by atoms with Crippen LogP contribution in [0.2, 0.25) is 0 Å². The average molecular weight is 372 g/mol. The van der Waals surface area contributed by atoms with Gasteiger partial charge in [0.15, 0.2) is 0 Å². The molecule has 1 amide bonds. The molecule has 0 unspecified atom stereocenters. The smallest absolute Gasteiger partial charge is 0.339 e. The van der Waals surface area contributed by atoms with Gasteiger partial charge in [0, 0.05) is 10.6 Å². The molecular formula is C19H20N2O4S. The van der Waals surface area contributed by atoms with Crippen molar-refractivity contribution in [1.82, 2.24) is 9.88 Å². The Hall–Kier alpha value is -2.80. The van der Waals surface area contributed by atoms with Crippen LogP contribution in [0, 0.1) is 13.8 Å². The van der Waals surface area contributed by atoms with Crippen LogP contribution in [0.4, 0.5) is 0 Å². The minimum Gasteiger partial charge on any atom is -0.467 e. The zero-order valence-electron chi connectivity index (χ0n) is 14.9. The molecule has 26 heavy (non-hydrogen) atoms. The van der Waals surface area contributed by atoms with E-state index in [1.807, 2.05) is 23.6 Å². The Kier molecular flexibility index (Phi) is 5.27. The van der Waals surface area contributed by atoms with Gasteiger partial charge in [-0.25, -0.2) is 4.79 Å². The van der Waals surface area contributed by atoms with E-state index in [1.54, 1.807) is 42.4 Å².